The maximum absolute atomic E-state index is 14.0. The summed E-state index contributed by atoms with van der Waals surface area (Å²) < 4.78 is 9.83. The third kappa shape index (κ3) is 5.07. The summed E-state index contributed by atoms with van der Waals surface area (Å²) in [6.45, 7) is 1.11. The van der Waals surface area contributed by atoms with Gasteiger partial charge in [-0.05, 0) is 50.9 Å². The normalized spacial score (nSPS) is 22.6. The van der Waals surface area contributed by atoms with E-state index in [1.54, 1.807) is 12.1 Å². The molecular weight excluding hydrogens is 544 g/mol. The van der Waals surface area contributed by atoms with E-state index in [-0.39, 0.29) is 46.5 Å². The van der Waals surface area contributed by atoms with Crippen LogP contribution >= 0.6 is 0 Å². The van der Waals surface area contributed by atoms with Crippen LogP contribution in [0.1, 0.15) is 70.4 Å². The van der Waals surface area contributed by atoms with E-state index < -0.39 is 46.4 Å². The van der Waals surface area contributed by atoms with Gasteiger partial charge < -0.3 is 30.7 Å². The summed E-state index contributed by atoms with van der Waals surface area (Å²) in [5.74, 6) is -3.17. The SMILES string of the molecule is COC(=O)[C@@]1(CC(=O)Nc2cccc3c2C(=O)c2c(NC(=O)C[C@]4(C(=O)OC)CCCN4)cccc2C3=O)CCCN1. The predicted molar refractivity (Wildman–Crippen MR) is 150 cm³/mol. The van der Waals surface area contributed by atoms with E-state index in [1.807, 2.05) is 0 Å². The fourth-order valence-electron chi connectivity index (χ4n) is 6.19. The quantitative estimate of drug-likeness (QED) is 0.290. The number of ketones is 2. The van der Waals surface area contributed by atoms with Gasteiger partial charge in [-0.2, -0.15) is 0 Å². The minimum atomic E-state index is -1.17. The zero-order valence-corrected chi connectivity index (χ0v) is 23.4. The Morgan fingerprint density at radius 2 is 1.14 bits per heavy atom. The molecule has 0 saturated carbocycles. The van der Waals surface area contributed by atoms with Crippen LogP contribution in [0.3, 0.4) is 0 Å². The van der Waals surface area contributed by atoms with Crippen LogP contribution in [-0.4, -0.2) is 73.7 Å². The first-order valence-corrected chi connectivity index (χ1v) is 13.8. The summed E-state index contributed by atoms with van der Waals surface area (Å²) in [7, 11) is 2.51. The molecule has 2 aromatic carbocycles. The van der Waals surface area contributed by atoms with E-state index >= 15 is 0 Å². The summed E-state index contributed by atoms with van der Waals surface area (Å²) in [5, 5.41) is 11.5. The van der Waals surface area contributed by atoms with E-state index in [0.29, 0.717) is 38.8 Å². The Morgan fingerprint density at radius 3 is 1.50 bits per heavy atom. The molecule has 2 heterocycles. The fourth-order valence-corrected chi connectivity index (χ4v) is 6.19. The molecule has 2 atom stereocenters. The summed E-state index contributed by atoms with van der Waals surface area (Å²) in [6, 6.07) is 9.13. The lowest BCUT2D eigenvalue weighted by molar-refractivity contribution is -0.150. The van der Waals surface area contributed by atoms with E-state index in [4.69, 9.17) is 9.47 Å². The molecular formula is C30H32N4O8. The minimum Gasteiger partial charge on any atom is -0.468 e. The van der Waals surface area contributed by atoms with Crippen molar-refractivity contribution in [2.24, 2.45) is 0 Å². The van der Waals surface area contributed by atoms with Gasteiger partial charge in [0.05, 0.1) is 49.6 Å². The number of fused-ring (bicyclic) bond motifs is 2. The molecule has 0 aromatic heterocycles. The molecule has 2 amide bonds. The Bertz CT molecular complexity index is 1380. The summed E-state index contributed by atoms with van der Waals surface area (Å²) in [4.78, 5) is 78.7. The topological polar surface area (TPSA) is 169 Å². The first-order chi connectivity index (χ1) is 20.1. The monoisotopic (exact) mass is 576 g/mol. The van der Waals surface area contributed by atoms with E-state index in [1.165, 1.54) is 38.5 Å². The lowest BCUT2D eigenvalue weighted by Crippen LogP contribution is -2.50. The molecule has 0 bridgehead atoms. The molecule has 0 unspecified atom stereocenters. The molecule has 1 aliphatic carbocycles. The molecule has 0 radical (unpaired) electrons. The second-order valence-corrected chi connectivity index (χ2v) is 10.8. The Balaban J connectivity index is 1.42. The average molecular weight is 577 g/mol. The predicted octanol–water partition coefficient (Wildman–Crippen LogP) is 1.71. The van der Waals surface area contributed by atoms with E-state index in [9.17, 15) is 28.8 Å². The second kappa shape index (κ2) is 11.5. The van der Waals surface area contributed by atoms with E-state index in [2.05, 4.69) is 21.3 Å². The number of ether oxygens (including phenoxy) is 2. The van der Waals surface area contributed by atoms with Gasteiger partial charge in [0.1, 0.15) is 11.1 Å². The summed E-state index contributed by atoms with van der Waals surface area (Å²) in [6.07, 6.45) is 1.77. The average Bonchev–Trinajstić information content (AvgIpc) is 3.66. The highest BCUT2D eigenvalue weighted by Crippen LogP contribution is 2.36. The zero-order valence-electron chi connectivity index (χ0n) is 23.4. The van der Waals surface area contributed by atoms with Gasteiger partial charge in [0.15, 0.2) is 11.6 Å². The van der Waals surface area contributed by atoms with E-state index in [0.717, 1.165) is 0 Å². The number of amides is 2. The number of rotatable bonds is 8. The molecule has 0 spiro atoms. The van der Waals surface area contributed by atoms with Crippen molar-refractivity contribution >= 4 is 46.7 Å². The van der Waals surface area contributed by atoms with Crippen LogP contribution in [-0.2, 0) is 28.7 Å². The minimum absolute atomic E-state index is 0.0139. The molecule has 5 rings (SSSR count). The maximum Gasteiger partial charge on any atom is 0.326 e. The Labute approximate surface area is 241 Å². The van der Waals surface area contributed by atoms with Crippen LogP contribution in [0.5, 0.6) is 0 Å². The van der Waals surface area contributed by atoms with Gasteiger partial charge in [0.2, 0.25) is 11.8 Å². The molecule has 220 valence electrons. The van der Waals surface area contributed by atoms with Crippen LogP contribution in [0.2, 0.25) is 0 Å². The number of anilines is 2. The lowest BCUT2D eigenvalue weighted by atomic mass is 9.82. The van der Waals surface area contributed by atoms with Gasteiger partial charge in [-0.25, -0.2) is 0 Å². The molecule has 3 aliphatic rings. The number of esters is 2. The highest BCUT2D eigenvalue weighted by molar-refractivity contribution is 6.32. The van der Waals surface area contributed by atoms with Crippen LogP contribution in [0, 0.1) is 0 Å². The first kappa shape index (κ1) is 29.1. The Hall–Kier alpha value is -4.42. The smallest absolute Gasteiger partial charge is 0.326 e. The highest BCUT2D eigenvalue weighted by atomic mass is 16.5. The molecule has 2 fully saturated rings. The standard InChI is InChI=1S/C30H32N4O8/c1-41-27(39)29(11-5-13-31-29)15-21(35)33-19-9-3-7-17-23(19)26(38)24-18(25(17)37)8-4-10-20(24)34-22(36)16-30(28(40)42-2)12-6-14-32-30/h3-4,7-10,31-32H,5-6,11-16H2,1-2H3,(H,33,35)(H,34,36)/t29-,30-/m0/s1. The maximum atomic E-state index is 14.0. The molecule has 42 heavy (non-hydrogen) atoms. The van der Waals surface area contributed by atoms with Gasteiger partial charge in [-0.15, -0.1) is 0 Å². The molecule has 2 aromatic rings. The summed E-state index contributed by atoms with van der Waals surface area (Å²) >= 11 is 0. The Kier molecular flexibility index (Phi) is 7.93. The Morgan fingerprint density at radius 1 is 0.714 bits per heavy atom. The summed E-state index contributed by atoms with van der Waals surface area (Å²) in [5.41, 5.74) is -1.94. The van der Waals surface area contributed by atoms with Crippen molar-refractivity contribution in [3.05, 3.63) is 58.7 Å². The van der Waals surface area contributed by atoms with Crippen molar-refractivity contribution in [3.8, 4) is 0 Å². The van der Waals surface area contributed by atoms with Gasteiger partial charge in [-0.1, -0.05) is 24.3 Å². The molecule has 4 N–H and O–H groups in total. The van der Waals surface area contributed by atoms with Crippen LogP contribution < -0.4 is 21.3 Å². The van der Waals surface area contributed by atoms with Crippen molar-refractivity contribution in [2.45, 2.75) is 49.6 Å². The molecule has 2 saturated heterocycles. The number of nitrogens with one attached hydrogen (secondary N) is 4. The molecule has 2 aliphatic heterocycles. The molecule has 12 heteroatoms. The van der Waals surface area contributed by atoms with Gasteiger partial charge in [0, 0.05) is 11.1 Å². The van der Waals surface area contributed by atoms with Gasteiger partial charge in [0.25, 0.3) is 0 Å². The highest BCUT2D eigenvalue weighted by Gasteiger charge is 2.45. The van der Waals surface area contributed by atoms with Crippen molar-refractivity contribution in [1.82, 2.24) is 10.6 Å². The van der Waals surface area contributed by atoms with Gasteiger partial charge in [-0.3, -0.25) is 28.8 Å². The van der Waals surface area contributed by atoms with Crippen molar-refractivity contribution in [1.29, 1.82) is 0 Å². The number of methoxy groups -OCH3 is 2. The number of hydrogen-bond acceptors (Lipinski definition) is 10. The zero-order chi connectivity index (χ0) is 30.1. The number of carbonyl (C=O) groups excluding carboxylic acids is 6. The fraction of sp³-hybridized carbons (Fsp3) is 0.400. The number of hydrogen-bond donors (Lipinski definition) is 4. The second-order valence-electron chi connectivity index (χ2n) is 10.8. The van der Waals surface area contributed by atoms with Crippen LogP contribution in [0.15, 0.2) is 36.4 Å². The first-order valence-electron chi connectivity index (χ1n) is 13.8. The van der Waals surface area contributed by atoms with Crippen LogP contribution in [0.25, 0.3) is 0 Å². The largest absolute Gasteiger partial charge is 0.468 e. The third-order valence-electron chi connectivity index (χ3n) is 8.18. The van der Waals surface area contributed by atoms with Crippen molar-refractivity contribution in [3.63, 3.8) is 0 Å². The number of benzene rings is 2. The third-order valence-corrected chi connectivity index (χ3v) is 8.18. The van der Waals surface area contributed by atoms with Crippen molar-refractivity contribution in [2.75, 3.05) is 37.9 Å². The molecule has 12 nitrogen and oxygen atoms in total. The number of carbonyl (C=O) groups is 6. The van der Waals surface area contributed by atoms with Crippen LogP contribution in [0.4, 0.5) is 11.4 Å². The van der Waals surface area contributed by atoms with Crippen molar-refractivity contribution < 1.29 is 38.2 Å². The lowest BCUT2D eigenvalue weighted by Gasteiger charge is -2.27. The van der Waals surface area contributed by atoms with Gasteiger partial charge >= 0.3 is 11.9 Å².